The number of hydrogen-bond donors (Lipinski definition) is 1. The first kappa shape index (κ1) is 15.1. The second kappa shape index (κ2) is 6.97. The van der Waals surface area contributed by atoms with E-state index in [1.807, 2.05) is 12.1 Å². The SMILES string of the molecule is CCN(Cc1cc(Cl)cc2c1OCOC2)C1CCCNC1. The summed E-state index contributed by atoms with van der Waals surface area (Å²) in [7, 11) is 0. The summed E-state index contributed by atoms with van der Waals surface area (Å²) < 4.78 is 11.1. The molecule has 0 aliphatic carbocycles. The van der Waals surface area contributed by atoms with Crippen LogP contribution in [0.5, 0.6) is 5.75 Å². The van der Waals surface area contributed by atoms with E-state index in [1.54, 1.807) is 0 Å². The van der Waals surface area contributed by atoms with Gasteiger partial charge in [-0.1, -0.05) is 18.5 Å². The third kappa shape index (κ3) is 3.51. The standard InChI is InChI=1S/C16H23ClN2O2/c1-2-19(15-4-3-5-18-8-15)9-12-6-14(17)7-13-10-20-11-21-16(12)13/h6-7,15,18H,2-5,8-11H2,1H3. The van der Waals surface area contributed by atoms with E-state index < -0.39 is 0 Å². The summed E-state index contributed by atoms with van der Waals surface area (Å²) in [6, 6.07) is 4.57. The van der Waals surface area contributed by atoms with Crippen LogP contribution in [0.3, 0.4) is 0 Å². The Morgan fingerprint density at radius 2 is 2.33 bits per heavy atom. The number of halogens is 1. The lowest BCUT2D eigenvalue weighted by Gasteiger charge is -2.34. The number of nitrogens with zero attached hydrogens (tertiary/aromatic N) is 1. The van der Waals surface area contributed by atoms with E-state index in [0.717, 1.165) is 42.5 Å². The van der Waals surface area contributed by atoms with Gasteiger partial charge in [-0.2, -0.15) is 0 Å². The fraction of sp³-hybridized carbons (Fsp3) is 0.625. The number of likely N-dealkylation sites (N-methyl/N-ethyl adjacent to an activating group) is 1. The van der Waals surface area contributed by atoms with E-state index in [4.69, 9.17) is 21.1 Å². The monoisotopic (exact) mass is 310 g/mol. The van der Waals surface area contributed by atoms with Gasteiger partial charge in [-0.15, -0.1) is 0 Å². The van der Waals surface area contributed by atoms with Crippen molar-refractivity contribution in [2.24, 2.45) is 0 Å². The van der Waals surface area contributed by atoms with E-state index >= 15 is 0 Å². The minimum atomic E-state index is 0.332. The summed E-state index contributed by atoms with van der Waals surface area (Å²) in [6.07, 6.45) is 2.51. The molecule has 3 rings (SSSR count). The van der Waals surface area contributed by atoms with Gasteiger partial charge in [0.1, 0.15) is 5.75 Å². The lowest BCUT2D eigenvalue weighted by molar-refractivity contribution is -0.0176. The van der Waals surface area contributed by atoms with Gasteiger partial charge in [-0.05, 0) is 38.1 Å². The molecule has 0 bridgehead atoms. The summed E-state index contributed by atoms with van der Waals surface area (Å²) in [4.78, 5) is 2.51. The van der Waals surface area contributed by atoms with Crippen LogP contribution in [-0.2, 0) is 17.9 Å². The third-order valence-corrected chi connectivity index (χ3v) is 4.54. The van der Waals surface area contributed by atoms with Crippen LogP contribution in [0.1, 0.15) is 30.9 Å². The number of ether oxygens (including phenoxy) is 2. The van der Waals surface area contributed by atoms with Gasteiger partial charge in [-0.25, -0.2) is 0 Å². The van der Waals surface area contributed by atoms with E-state index in [2.05, 4.69) is 17.1 Å². The minimum absolute atomic E-state index is 0.332. The molecule has 21 heavy (non-hydrogen) atoms. The van der Waals surface area contributed by atoms with E-state index in [9.17, 15) is 0 Å². The Labute approximate surface area is 131 Å². The van der Waals surface area contributed by atoms with Gasteiger partial charge in [0.2, 0.25) is 0 Å². The molecular formula is C16H23ClN2O2. The fourth-order valence-electron chi connectivity index (χ4n) is 3.24. The van der Waals surface area contributed by atoms with Crippen molar-refractivity contribution >= 4 is 11.6 Å². The molecule has 0 spiro atoms. The van der Waals surface area contributed by atoms with Gasteiger partial charge in [0.25, 0.3) is 0 Å². The Morgan fingerprint density at radius 3 is 3.10 bits per heavy atom. The average Bonchev–Trinajstić information content (AvgIpc) is 2.53. The number of piperidine rings is 1. The van der Waals surface area contributed by atoms with E-state index in [-0.39, 0.29) is 0 Å². The molecule has 1 aromatic carbocycles. The Morgan fingerprint density at radius 1 is 1.43 bits per heavy atom. The van der Waals surface area contributed by atoms with Crippen LogP contribution in [0.2, 0.25) is 5.02 Å². The van der Waals surface area contributed by atoms with Crippen LogP contribution >= 0.6 is 11.6 Å². The number of hydrogen-bond acceptors (Lipinski definition) is 4. The Kier molecular flexibility index (Phi) is 5.01. The molecule has 4 nitrogen and oxygen atoms in total. The van der Waals surface area contributed by atoms with Crippen molar-refractivity contribution < 1.29 is 9.47 Å². The van der Waals surface area contributed by atoms with Gasteiger partial charge >= 0.3 is 0 Å². The number of benzene rings is 1. The normalized spacial score (nSPS) is 22.0. The summed E-state index contributed by atoms with van der Waals surface area (Å²) >= 11 is 6.25. The molecule has 0 saturated carbocycles. The van der Waals surface area contributed by atoms with Crippen molar-refractivity contribution in [1.29, 1.82) is 0 Å². The van der Waals surface area contributed by atoms with Crippen molar-refractivity contribution in [3.63, 3.8) is 0 Å². The highest BCUT2D eigenvalue weighted by molar-refractivity contribution is 6.30. The molecule has 1 N–H and O–H groups in total. The largest absolute Gasteiger partial charge is 0.467 e. The van der Waals surface area contributed by atoms with Crippen molar-refractivity contribution in [2.45, 2.75) is 39.0 Å². The third-order valence-electron chi connectivity index (χ3n) is 4.32. The second-order valence-corrected chi connectivity index (χ2v) is 6.16. The highest BCUT2D eigenvalue weighted by Gasteiger charge is 2.23. The Hall–Kier alpha value is -0.810. The van der Waals surface area contributed by atoms with Gasteiger partial charge in [0.15, 0.2) is 6.79 Å². The van der Waals surface area contributed by atoms with Crippen LogP contribution in [0.4, 0.5) is 0 Å². The van der Waals surface area contributed by atoms with Crippen molar-refractivity contribution in [3.8, 4) is 5.75 Å². The molecule has 2 aliphatic heterocycles. The summed E-state index contributed by atoms with van der Waals surface area (Å²) in [5.41, 5.74) is 2.23. The first-order valence-electron chi connectivity index (χ1n) is 7.74. The van der Waals surface area contributed by atoms with Crippen molar-refractivity contribution in [1.82, 2.24) is 10.2 Å². The van der Waals surface area contributed by atoms with Gasteiger partial charge in [0, 0.05) is 35.3 Å². The predicted octanol–water partition coefficient (Wildman–Crippen LogP) is 2.78. The summed E-state index contributed by atoms with van der Waals surface area (Å²) in [6.45, 7) is 7.26. The van der Waals surface area contributed by atoms with E-state index in [0.29, 0.717) is 19.4 Å². The number of nitrogens with one attached hydrogen (secondary N) is 1. The van der Waals surface area contributed by atoms with Gasteiger partial charge in [0.05, 0.1) is 6.61 Å². The zero-order valence-electron chi connectivity index (χ0n) is 12.5. The number of fused-ring (bicyclic) bond motifs is 1. The van der Waals surface area contributed by atoms with Crippen LogP contribution < -0.4 is 10.1 Å². The molecule has 1 atom stereocenters. The molecule has 1 unspecified atom stereocenters. The number of rotatable bonds is 4. The van der Waals surface area contributed by atoms with Crippen LogP contribution in [0.15, 0.2) is 12.1 Å². The molecule has 2 aliphatic rings. The Balaban J connectivity index is 1.80. The topological polar surface area (TPSA) is 33.7 Å². The first-order chi connectivity index (χ1) is 10.3. The molecule has 2 heterocycles. The zero-order valence-corrected chi connectivity index (χ0v) is 13.3. The maximum absolute atomic E-state index is 6.25. The van der Waals surface area contributed by atoms with E-state index in [1.165, 1.54) is 18.4 Å². The molecule has 1 aromatic rings. The predicted molar refractivity (Wildman–Crippen MR) is 83.7 cm³/mol. The van der Waals surface area contributed by atoms with Crippen molar-refractivity contribution in [3.05, 3.63) is 28.3 Å². The summed E-state index contributed by atoms with van der Waals surface area (Å²) in [5.74, 6) is 0.966. The highest BCUT2D eigenvalue weighted by atomic mass is 35.5. The smallest absolute Gasteiger partial charge is 0.189 e. The fourth-order valence-corrected chi connectivity index (χ4v) is 3.50. The molecule has 5 heteroatoms. The molecule has 1 fully saturated rings. The zero-order chi connectivity index (χ0) is 14.7. The quantitative estimate of drug-likeness (QED) is 0.927. The average molecular weight is 311 g/mol. The molecule has 0 aromatic heterocycles. The first-order valence-corrected chi connectivity index (χ1v) is 8.12. The minimum Gasteiger partial charge on any atom is -0.467 e. The van der Waals surface area contributed by atoms with Gasteiger partial charge < -0.3 is 14.8 Å². The lowest BCUT2D eigenvalue weighted by atomic mass is 10.0. The van der Waals surface area contributed by atoms with Crippen molar-refractivity contribution in [2.75, 3.05) is 26.4 Å². The molecule has 0 amide bonds. The summed E-state index contributed by atoms with van der Waals surface area (Å²) in [5, 5.41) is 4.25. The lowest BCUT2D eigenvalue weighted by Crippen LogP contribution is -2.45. The van der Waals surface area contributed by atoms with Gasteiger partial charge in [-0.3, -0.25) is 4.90 Å². The maximum Gasteiger partial charge on any atom is 0.189 e. The molecular weight excluding hydrogens is 288 g/mol. The van der Waals surface area contributed by atoms with Crippen LogP contribution in [0.25, 0.3) is 0 Å². The highest BCUT2D eigenvalue weighted by Crippen LogP contribution is 2.33. The Bertz CT molecular complexity index is 489. The molecule has 0 radical (unpaired) electrons. The molecule has 116 valence electrons. The van der Waals surface area contributed by atoms with Crippen LogP contribution in [0, 0.1) is 0 Å². The van der Waals surface area contributed by atoms with Crippen LogP contribution in [-0.4, -0.2) is 37.4 Å². The maximum atomic E-state index is 6.25. The molecule has 1 saturated heterocycles. The second-order valence-electron chi connectivity index (χ2n) is 5.73.